The lowest BCUT2D eigenvalue weighted by molar-refractivity contribution is 0.365. The minimum absolute atomic E-state index is 0. The molecule has 20 heavy (non-hydrogen) atoms. The average molecular weight is 285 g/mol. The summed E-state index contributed by atoms with van der Waals surface area (Å²) in [6.45, 7) is 14.9. The highest BCUT2D eigenvalue weighted by atomic mass is 14.1. The van der Waals surface area contributed by atoms with Gasteiger partial charge in [0.05, 0.1) is 0 Å². The molecule has 0 spiro atoms. The first-order valence-electron chi connectivity index (χ1n) is 7.12. The fourth-order valence-corrected chi connectivity index (χ4v) is 1.47. The van der Waals surface area contributed by atoms with Crippen LogP contribution in [0.5, 0.6) is 0 Å². The smallest absolute Gasteiger partial charge is 0.0279 e. The number of benzene rings is 1. The summed E-state index contributed by atoms with van der Waals surface area (Å²) in [5.41, 5.74) is 1.95. The van der Waals surface area contributed by atoms with Crippen LogP contribution in [-0.4, -0.2) is 0 Å². The van der Waals surface area contributed by atoms with Gasteiger partial charge in [-0.05, 0) is 30.2 Å². The highest BCUT2D eigenvalue weighted by Crippen LogP contribution is 2.21. The minimum Gasteiger partial charge on any atom is -0.0776 e. The molecule has 0 heteroatoms. The fraction of sp³-hybridized carbons (Fsp3) is 0.700. The zero-order valence-electron chi connectivity index (χ0n) is 13.0. The van der Waals surface area contributed by atoms with Gasteiger partial charge in [-0.2, -0.15) is 0 Å². The van der Waals surface area contributed by atoms with Crippen molar-refractivity contribution in [1.82, 2.24) is 0 Å². The molecule has 124 valence electrons. The Morgan fingerprint density at radius 3 is 1.50 bits per heavy atom. The first-order valence-corrected chi connectivity index (χ1v) is 7.12. The molecule has 0 heterocycles. The van der Waals surface area contributed by atoms with Gasteiger partial charge in [-0.3, -0.25) is 0 Å². The quantitative estimate of drug-likeness (QED) is 0.527. The van der Waals surface area contributed by atoms with Crippen LogP contribution in [0.1, 0.15) is 89.2 Å². The van der Waals surface area contributed by atoms with Crippen LogP contribution in [0, 0.1) is 5.41 Å². The molecular formula is C20H44. The van der Waals surface area contributed by atoms with Gasteiger partial charge in [-0.1, -0.05) is 101 Å². The monoisotopic (exact) mass is 284 g/mol. The molecule has 0 saturated carbocycles. The summed E-state index contributed by atoms with van der Waals surface area (Å²) in [5.74, 6) is 0. The Bertz CT molecular complexity index is 228. The summed E-state index contributed by atoms with van der Waals surface area (Å²) >= 11 is 0. The van der Waals surface area contributed by atoms with Crippen LogP contribution in [0.2, 0.25) is 0 Å². The first kappa shape index (κ1) is 31.6. The zero-order valence-corrected chi connectivity index (χ0v) is 13.0. The van der Waals surface area contributed by atoms with E-state index in [1.165, 1.54) is 24.8 Å². The van der Waals surface area contributed by atoms with Gasteiger partial charge in [0.1, 0.15) is 0 Å². The lowest BCUT2D eigenvalue weighted by atomic mass is 9.89. The second-order valence-electron chi connectivity index (χ2n) is 4.90. The Morgan fingerprint density at radius 2 is 1.15 bits per heavy atom. The van der Waals surface area contributed by atoms with Gasteiger partial charge in [-0.25, -0.2) is 0 Å². The van der Waals surface area contributed by atoms with Gasteiger partial charge in [0, 0.05) is 0 Å². The third kappa shape index (κ3) is 22.4. The predicted molar refractivity (Wildman–Crippen MR) is 102 cm³/mol. The maximum absolute atomic E-state index is 2.30. The summed E-state index contributed by atoms with van der Waals surface area (Å²) < 4.78 is 0. The molecule has 0 radical (unpaired) electrons. The van der Waals surface area contributed by atoms with E-state index in [-0.39, 0.29) is 22.3 Å². The largest absolute Gasteiger partial charge is 0.0776 e. The molecule has 0 aliphatic rings. The standard InChI is InChI=1S/C13H20.2C2H6.3CH4/c1-13(2,3)11-7-10-12-8-5-4-6-9-12;2*1-2;;;/h4-6,8-9H,7,10-11H2,1-3H3;2*1-2H3;3*1H4. The Kier molecular flexibility index (Phi) is 32.4. The van der Waals surface area contributed by atoms with E-state index < -0.39 is 0 Å². The second-order valence-corrected chi connectivity index (χ2v) is 4.90. The molecule has 0 fully saturated rings. The van der Waals surface area contributed by atoms with E-state index in [9.17, 15) is 0 Å². The molecule has 0 aliphatic carbocycles. The molecule has 0 aliphatic heterocycles. The van der Waals surface area contributed by atoms with Gasteiger partial charge in [0.2, 0.25) is 0 Å². The maximum Gasteiger partial charge on any atom is -0.0279 e. The molecule has 0 N–H and O–H groups in total. The van der Waals surface area contributed by atoms with Crippen molar-refractivity contribution in [3.8, 4) is 0 Å². The molecule has 0 amide bonds. The van der Waals surface area contributed by atoms with Crippen molar-refractivity contribution in [3.63, 3.8) is 0 Å². The van der Waals surface area contributed by atoms with Crippen molar-refractivity contribution in [1.29, 1.82) is 0 Å². The van der Waals surface area contributed by atoms with E-state index in [0.717, 1.165) is 0 Å². The molecule has 0 aromatic heterocycles. The summed E-state index contributed by atoms with van der Waals surface area (Å²) in [5, 5.41) is 0. The molecular weight excluding hydrogens is 240 g/mol. The third-order valence-corrected chi connectivity index (χ3v) is 2.24. The summed E-state index contributed by atoms with van der Waals surface area (Å²) in [7, 11) is 0. The topological polar surface area (TPSA) is 0 Å². The van der Waals surface area contributed by atoms with E-state index in [0.29, 0.717) is 5.41 Å². The van der Waals surface area contributed by atoms with E-state index in [4.69, 9.17) is 0 Å². The molecule has 1 aromatic carbocycles. The van der Waals surface area contributed by atoms with Gasteiger partial charge < -0.3 is 0 Å². The molecule has 1 aromatic rings. The van der Waals surface area contributed by atoms with Crippen molar-refractivity contribution in [2.75, 3.05) is 0 Å². The Hall–Kier alpha value is -0.780. The molecule has 0 atom stereocenters. The molecule has 0 unspecified atom stereocenters. The maximum atomic E-state index is 2.30. The number of hydrogen-bond acceptors (Lipinski definition) is 0. The van der Waals surface area contributed by atoms with Crippen molar-refractivity contribution in [2.24, 2.45) is 5.41 Å². The Morgan fingerprint density at radius 1 is 0.750 bits per heavy atom. The van der Waals surface area contributed by atoms with E-state index in [1.807, 2.05) is 27.7 Å². The lowest BCUT2D eigenvalue weighted by Crippen LogP contribution is -2.04. The van der Waals surface area contributed by atoms with Crippen LogP contribution < -0.4 is 0 Å². The zero-order chi connectivity index (χ0) is 13.7. The lowest BCUT2D eigenvalue weighted by Gasteiger charge is -2.17. The number of rotatable bonds is 3. The summed E-state index contributed by atoms with van der Waals surface area (Å²) in [4.78, 5) is 0. The van der Waals surface area contributed by atoms with E-state index in [2.05, 4.69) is 51.1 Å². The predicted octanol–water partition coefficient (Wildman–Crippen LogP) is 8.02. The number of aryl methyl sites for hydroxylation is 1. The first-order chi connectivity index (χ1) is 8.08. The number of hydrogen-bond donors (Lipinski definition) is 0. The van der Waals surface area contributed by atoms with Crippen molar-refractivity contribution in [3.05, 3.63) is 35.9 Å². The van der Waals surface area contributed by atoms with Crippen molar-refractivity contribution < 1.29 is 0 Å². The molecule has 0 saturated heterocycles. The van der Waals surface area contributed by atoms with Crippen LogP contribution in [0.3, 0.4) is 0 Å². The minimum atomic E-state index is 0. The van der Waals surface area contributed by atoms with Crippen LogP contribution in [0.4, 0.5) is 0 Å². The van der Waals surface area contributed by atoms with Gasteiger partial charge >= 0.3 is 0 Å². The van der Waals surface area contributed by atoms with E-state index >= 15 is 0 Å². The second kappa shape index (κ2) is 20.5. The average Bonchev–Trinajstić information content (AvgIpc) is 2.34. The van der Waals surface area contributed by atoms with Crippen LogP contribution >= 0.6 is 0 Å². The van der Waals surface area contributed by atoms with Crippen LogP contribution in [-0.2, 0) is 6.42 Å². The van der Waals surface area contributed by atoms with Crippen LogP contribution in [0.15, 0.2) is 30.3 Å². The SMILES string of the molecule is C.C.C.CC.CC.CC(C)(C)CCCc1ccccc1. The highest BCUT2D eigenvalue weighted by molar-refractivity contribution is 5.14. The van der Waals surface area contributed by atoms with Crippen LogP contribution in [0.25, 0.3) is 0 Å². The highest BCUT2D eigenvalue weighted by Gasteiger charge is 2.08. The Labute approximate surface area is 132 Å². The van der Waals surface area contributed by atoms with Gasteiger partial charge in [0.25, 0.3) is 0 Å². The fourth-order valence-electron chi connectivity index (χ4n) is 1.47. The molecule has 0 nitrogen and oxygen atoms in total. The van der Waals surface area contributed by atoms with Crippen molar-refractivity contribution >= 4 is 0 Å². The van der Waals surface area contributed by atoms with Gasteiger partial charge in [-0.15, -0.1) is 0 Å². The Balaban J connectivity index is -0.0000000984. The third-order valence-electron chi connectivity index (χ3n) is 2.24. The van der Waals surface area contributed by atoms with Crippen molar-refractivity contribution in [2.45, 2.75) is 90.0 Å². The van der Waals surface area contributed by atoms with E-state index in [1.54, 1.807) is 0 Å². The summed E-state index contributed by atoms with van der Waals surface area (Å²) in [6, 6.07) is 10.7. The molecule has 1 rings (SSSR count). The van der Waals surface area contributed by atoms with Gasteiger partial charge in [0.15, 0.2) is 0 Å². The summed E-state index contributed by atoms with van der Waals surface area (Å²) in [6.07, 6.45) is 3.83. The normalized spacial score (nSPS) is 8.15. The molecule has 0 bridgehead atoms.